The Bertz CT molecular complexity index is 1610. The highest BCUT2D eigenvalue weighted by Gasteiger charge is 2.33. The number of rotatable bonds is 5. The molecular weight excluding hydrogens is 516 g/mol. The minimum absolute atomic E-state index is 0.123. The number of carboxylic acid groups (broad SMARTS) is 1. The molecule has 0 saturated carbocycles. The van der Waals surface area contributed by atoms with Gasteiger partial charge in [0.1, 0.15) is 18.3 Å². The van der Waals surface area contributed by atoms with Gasteiger partial charge in [-0.3, -0.25) is 14.5 Å². The molecule has 40 heavy (non-hydrogen) atoms. The van der Waals surface area contributed by atoms with E-state index in [1.807, 2.05) is 35.8 Å². The van der Waals surface area contributed by atoms with Crippen molar-refractivity contribution in [3.8, 4) is 5.75 Å². The number of amides is 2. The summed E-state index contributed by atoms with van der Waals surface area (Å²) in [5.74, 6) is -0.818. The van der Waals surface area contributed by atoms with Crippen molar-refractivity contribution in [3.05, 3.63) is 63.4 Å². The summed E-state index contributed by atoms with van der Waals surface area (Å²) in [6.45, 7) is 5.73. The molecule has 208 valence electrons. The maximum atomic E-state index is 13.0. The molecular formula is C29H30N4O7. The van der Waals surface area contributed by atoms with E-state index in [-0.39, 0.29) is 24.1 Å². The molecule has 11 heteroatoms. The van der Waals surface area contributed by atoms with Gasteiger partial charge in [0.05, 0.1) is 35.7 Å². The van der Waals surface area contributed by atoms with E-state index in [4.69, 9.17) is 9.47 Å². The molecule has 0 spiro atoms. The van der Waals surface area contributed by atoms with Crippen LogP contribution >= 0.6 is 0 Å². The Hall–Kier alpha value is -4.54. The number of carboxylic acids is 1. The molecule has 2 aromatic carbocycles. The number of hydrogen-bond donors (Lipinski definition) is 2. The predicted octanol–water partition coefficient (Wildman–Crippen LogP) is 3.07. The van der Waals surface area contributed by atoms with Gasteiger partial charge in [0, 0.05) is 31.9 Å². The van der Waals surface area contributed by atoms with Crippen LogP contribution in [0.1, 0.15) is 47.8 Å². The number of pyridine rings is 1. The van der Waals surface area contributed by atoms with Crippen LogP contribution in [0, 0.1) is 0 Å². The molecule has 0 bridgehead atoms. The number of benzene rings is 2. The Morgan fingerprint density at radius 3 is 2.75 bits per heavy atom. The molecule has 1 fully saturated rings. The first kappa shape index (κ1) is 25.7. The van der Waals surface area contributed by atoms with Gasteiger partial charge in [0.2, 0.25) is 11.3 Å². The van der Waals surface area contributed by atoms with Crippen LogP contribution in [0.15, 0.2) is 41.3 Å². The third-order valence-electron chi connectivity index (χ3n) is 7.83. The minimum Gasteiger partial charge on any atom is -0.487 e. The summed E-state index contributed by atoms with van der Waals surface area (Å²) in [5, 5.41) is 12.6. The second-order valence-corrected chi connectivity index (χ2v) is 10.6. The lowest BCUT2D eigenvalue weighted by molar-refractivity contribution is -0.119. The third kappa shape index (κ3) is 4.41. The standard InChI is InChI=1S/C29H30N4O7/c1-16-15-39-27-24(8-7-22-25(27)32(16)14-23(26(22)35)28(36)37)31-9-3-4-18-10-20(6-5-19(18)12-31)33-13-21(40-29(33)38)11-30-17(2)34/h5-8,10,14,16,21H,3-4,9,11-13,15H2,1-2H3,(H,30,34)(H,36,37)/t16?,21-/m0/s1. The molecule has 3 aliphatic heterocycles. The number of aromatic nitrogens is 1. The van der Waals surface area contributed by atoms with Crippen molar-refractivity contribution in [3.63, 3.8) is 0 Å². The van der Waals surface area contributed by atoms with Gasteiger partial charge in [-0.25, -0.2) is 9.59 Å². The van der Waals surface area contributed by atoms with E-state index in [0.29, 0.717) is 36.3 Å². The van der Waals surface area contributed by atoms with Crippen LogP contribution < -0.4 is 25.3 Å². The summed E-state index contributed by atoms with van der Waals surface area (Å²) in [6.07, 6.45) is 2.29. The van der Waals surface area contributed by atoms with Crippen LogP contribution in [0.2, 0.25) is 0 Å². The number of aromatic carboxylic acids is 1. The molecule has 0 aliphatic carbocycles. The van der Waals surface area contributed by atoms with Gasteiger partial charge in [-0.05, 0) is 55.2 Å². The van der Waals surface area contributed by atoms with Gasteiger partial charge in [-0.15, -0.1) is 0 Å². The Morgan fingerprint density at radius 1 is 1.15 bits per heavy atom. The van der Waals surface area contributed by atoms with E-state index in [2.05, 4.69) is 10.2 Å². The summed E-state index contributed by atoms with van der Waals surface area (Å²) >= 11 is 0. The zero-order valence-electron chi connectivity index (χ0n) is 22.3. The fourth-order valence-electron chi connectivity index (χ4n) is 5.80. The van der Waals surface area contributed by atoms with E-state index >= 15 is 0 Å². The topological polar surface area (TPSA) is 130 Å². The summed E-state index contributed by atoms with van der Waals surface area (Å²) in [7, 11) is 0. The summed E-state index contributed by atoms with van der Waals surface area (Å²) in [6, 6.07) is 9.41. The SMILES string of the molecule is CC(=O)NC[C@H]1CN(c2ccc3c(c2)CCCN(c2ccc4c(=O)c(C(=O)O)cn5c4c2OCC5C)C3)C(=O)O1. The number of aryl methyl sites for hydroxylation is 1. The van der Waals surface area contributed by atoms with Gasteiger partial charge in [0.15, 0.2) is 5.75 Å². The molecule has 4 heterocycles. The van der Waals surface area contributed by atoms with Crippen LogP contribution in [0.25, 0.3) is 10.9 Å². The molecule has 1 saturated heterocycles. The molecule has 3 aromatic rings. The second kappa shape index (κ2) is 9.89. The minimum atomic E-state index is -1.24. The maximum Gasteiger partial charge on any atom is 0.414 e. The van der Waals surface area contributed by atoms with Gasteiger partial charge in [0.25, 0.3) is 0 Å². The summed E-state index contributed by atoms with van der Waals surface area (Å²) in [5.41, 5.74) is 3.74. The van der Waals surface area contributed by atoms with Gasteiger partial charge < -0.3 is 29.4 Å². The van der Waals surface area contributed by atoms with E-state index < -0.39 is 23.6 Å². The van der Waals surface area contributed by atoms with Gasteiger partial charge in [-0.2, -0.15) is 0 Å². The summed E-state index contributed by atoms with van der Waals surface area (Å²) in [4.78, 5) is 52.3. The fourth-order valence-corrected chi connectivity index (χ4v) is 5.80. The first-order chi connectivity index (χ1) is 19.2. The number of nitrogens with zero attached hydrogens (tertiary/aromatic N) is 3. The molecule has 11 nitrogen and oxygen atoms in total. The highest BCUT2D eigenvalue weighted by atomic mass is 16.6. The fraction of sp³-hybridized carbons (Fsp3) is 0.379. The highest BCUT2D eigenvalue weighted by Crippen LogP contribution is 2.41. The van der Waals surface area contributed by atoms with Crippen molar-refractivity contribution in [2.75, 3.05) is 36.0 Å². The Morgan fingerprint density at radius 2 is 1.98 bits per heavy atom. The quantitative estimate of drug-likeness (QED) is 0.500. The molecule has 1 aromatic heterocycles. The second-order valence-electron chi connectivity index (χ2n) is 10.6. The molecule has 6 rings (SSSR count). The first-order valence-corrected chi connectivity index (χ1v) is 13.4. The Kier molecular flexibility index (Phi) is 6.36. The number of fused-ring (bicyclic) bond motifs is 1. The number of cyclic esters (lactones) is 1. The molecule has 2 amide bonds. The Labute approximate surface area is 229 Å². The number of hydrogen-bond acceptors (Lipinski definition) is 7. The van der Waals surface area contributed by atoms with Crippen LogP contribution in [0.3, 0.4) is 0 Å². The van der Waals surface area contributed by atoms with E-state index in [0.717, 1.165) is 41.9 Å². The lowest BCUT2D eigenvalue weighted by Crippen LogP contribution is -2.33. The zero-order chi connectivity index (χ0) is 28.1. The van der Waals surface area contributed by atoms with E-state index in [9.17, 15) is 24.3 Å². The Balaban J connectivity index is 1.30. The van der Waals surface area contributed by atoms with Crippen molar-refractivity contribution in [1.82, 2.24) is 9.88 Å². The van der Waals surface area contributed by atoms with E-state index in [1.165, 1.54) is 13.1 Å². The van der Waals surface area contributed by atoms with Crippen molar-refractivity contribution in [2.24, 2.45) is 0 Å². The van der Waals surface area contributed by atoms with Gasteiger partial charge in [-0.1, -0.05) is 6.07 Å². The first-order valence-electron chi connectivity index (χ1n) is 13.4. The average molecular weight is 547 g/mol. The smallest absolute Gasteiger partial charge is 0.414 e. The summed E-state index contributed by atoms with van der Waals surface area (Å²) < 4.78 is 13.5. The third-order valence-corrected chi connectivity index (χ3v) is 7.83. The molecule has 1 unspecified atom stereocenters. The van der Waals surface area contributed by atoms with Crippen LogP contribution in [0.5, 0.6) is 5.75 Å². The number of nitrogens with one attached hydrogen (secondary N) is 1. The molecule has 0 radical (unpaired) electrons. The normalized spacial score (nSPS) is 20.0. The predicted molar refractivity (Wildman–Crippen MR) is 147 cm³/mol. The van der Waals surface area contributed by atoms with Crippen LogP contribution in [-0.4, -0.2) is 60.0 Å². The van der Waals surface area contributed by atoms with Gasteiger partial charge >= 0.3 is 12.1 Å². The molecule has 3 aliphatic rings. The lowest BCUT2D eigenvalue weighted by atomic mass is 10.0. The zero-order valence-corrected chi connectivity index (χ0v) is 22.3. The number of carbonyl (C=O) groups excluding carboxylic acids is 2. The number of ether oxygens (including phenoxy) is 2. The molecule has 2 N–H and O–H groups in total. The van der Waals surface area contributed by atoms with Crippen molar-refractivity contribution in [2.45, 2.75) is 45.4 Å². The van der Waals surface area contributed by atoms with Crippen molar-refractivity contribution < 1.29 is 29.0 Å². The van der Waals surface area contributed by atoms with Crippen molar-refractivity contribution in [1.29, 1.82) is 0 Å². The highest BCUT2D eigenvalue weighted by molar-refractivity contribution is 5.97. The average Bonchev–Trinajstić information content (AvgIpc) is 3.17. The number of anilines is 2. The largest absolute Gasteiger partial charge is 0.487 e. The van der Waals surface area contributed by atoms with E-state index in [1.54, 1.807) is 11.0 Å². The monoisotopic (exact) mass is 546 g/mol. The maximum absolute atomic E-state index is 13.0. The molecule has 2 atom stereocenters. The number of carbonyl (C=O) groups is 3. The lowest BCUT2D eigenvalue weighted by Gasteiger charge is -2.32. The van der Waals surface area contributed by atoms with Crippen LogP contribution in [-0.2, 0) is 22.5 Å². The van der Waals surface area contributed by atoms with Crippen LogP contribution in [0.4, 0.5) is 16.2 Å². The van der Waals surface area contributed by atoms with Crippen molar-refractivity contribution >= 4 is 40.2 Å².